The number of ether oxygens (including phenoxy) is 1. The van der Waals surface area contributed by atoms with Crippen molar-refractivity contribution in [3.8, 4) is 0 Å². The van der Waals surface area contributed by atoms with Crippen LogP contribution in [0, 0.1) is 11.8 Å². The number of carbonyl (C=O) groups excluding carboxylic acids is 1. The molecular formula is C23H34ClNO2. The molecule has 0 bridgehead atoms. The van der Waals surface area contributed by atoms with Crippen molar-refractivity contribution < 1.29 is 9.53 Å². The molecule has 3 rings (SSSR count). The van der Waals surface area contributed by atoms with E-state index < -0.39 is 0 Å². The van der Waals surface area contributed by atoms with Crippen molar-refractivity contribution in [2.75, 3.05) is 13.2 Å². The Bertz CT molecular complexity index is 575. The van der Waals surface area contributed by atoms with Crippen molar-refractivity contribution in [1.82, 2.24) is 4.90 Å². The molecule has 1 aromatic carbocycles. The van der Waals surface area contributed by atoms with Gasteiger partial charge in [0.2, 0.25) is 5.91 Å². The van der Waals surface area contributed by atoms with Gasteiger partial charge in [0, 0.05) is 30.6 Å². The predicted octanol–water partition coefficient (Wildman–Crippen LogP) is 5.84. The highest BCUT2D eigenvalue weighted by atomic mass is 35.5. The molecule has 27 heavy (non-hydrogen) atoms. The Hall–Kier alpha value is -1.06. The summed E-state index contributed by atoms with van der Waals surface area (Å²) < 4.78 is 5.82. The maximum Gasteiger partial charge on any atom is 0.226 e. The molecule has 0 aromatic heterocycles. The lowest BCUT2D eigenvalue weighted by Crippen LogP contribution is -2.41. The summed E-state index contributed by atoms with van der Waals surface area (Å²) >= 11 is 6.02. The Morgan fingerprint density at radius 3 is 2.52 bits per heavy atom. The van der Waals surface area contributed by atoms with E-state index in [2.05, 4.69) is 11.8 Å². The largest absolute Gasteiger partial charge is 0.376 e. The van der Waals surface area contributed by atoms with E-state index in [0.717, 1.165) is 55.3 Å². The fraction of sp³-hybridized carbons (Fsp3) is 0.696. The maximum absolute atomic E-state index is 13.3. The second-order valence-electron chi connectivity index (χ2n) is 8.34. The van der Waals surface area contributed by atoms with Gasteiger partial charge in [0.15, 0.2) is 0 Å². The summed E-state index contributed by atoms with van der Waals surface area (Å²) in [6.07, 6.45) is 10.8. The van der Waals surface area contributed by atoms with Crippen LogP contribution in [0.15, 0.2) is 24.3 Å². The van der Waals surface area contributed by atoms with E-state index >= 15 is 0 Å². The van der Waals surface area contributed by atoms with Crippen molar-refractivity contribution in [2.24, 2.45) is 11.8 Å². The minimum absolute atomic E-state index is 0.191. The van der Waals surface area contributed by atoms with Crippen molar-refractivity contribution in [3.63, 3.8) is 0 Å². The maximum atomic E-state index is 13.3. The van der Waals surface area contributed by atoms with E-state index in [0.29, 0.717) is 12.5 Å². The van der Waals surface area contributed by atoms with Crippen LogP contribution in [0.25, 0.3) is 0 Å². The number of benzene rings is 1. The monoisotopic (exact) mass is 391 g/mol. The van der Waals surface area contributed by atoms with Crippen molar-refractivity contribution in [3.05, 3.63) is 34.9 Å². The first-order valence-electron chi connectivity index (χ1n) is 10.8. The average molecular weight is 392 g/mol. The molecule has 0 spiro atoms. The van der Waals surface area contributed by atoms with Crippen LogP contribution in [0.5, 0.6) is 0 Å². The Labute approximate surface area is 169 Å². The average Bonchev–Trinajstić information content (AvgIpc) is 3.20. The van der Waals surface area contributed by atoms with Crippen molar-refractivity contribution in [2.45, 2.75) is 77.4 Å². The summed E-state index contributed by atoms with van der Waals surface area (Å²) in [6, 6.07) is 7.87. The number of hydrogen-bond acceptors (Lipinski definition) is 2. The summed E-state index contributed by atoms with van der Waals surface area (Å²) in [5.41, 5.74) is 1.14. The highest BCUT2D eigenvalue weighted by Crippen LogP contribution is 2.33. The van der Waals surface area contributed by atoms with E-state index in [1.165, 1.54) is 32.1 Å². The summed E-state index contributed by atoms with van der Waals surface area (Å²) in [6.45, 7) is 4.47. The zero-order chi connectivity index (χ0) is 19.1. The SMILES string of the molecule is CCCCC1CCC(C(=O)N(Cc2ccc(Cl)cc2)CC2CCCO2)CC1. The lowest BCUT2D eigenvalue weighted by Gasteiger charge is -2.33. The quantitative estimate of drug-likeness (QED) is 0.556. The van der Waals surface area contributed by atoms with Gasteiger partial charge in [-0.3, -0.25) is 4.79 Å². The van der Waals surface area contributed by atoms with E-state index in [4.69, 9.17) is 16.3 Å². The second-order valence-corrected chi connectivity index (χ2v) is 8.78. The molecule has 1 aromatic rings. The molecule has 4 heteroatoms. The first kappa shape index (κ1) is 20.7. The van der Waals surface area contributed by atoms with Gasteiger partial charge in [-0.25, -0.2) is 0 Å². The molecule has 2 aliphatic rings. The summed E-state index contributed by atoms with van der Waals surface area (Å²) in [5.74, 6) is 1.35. The number of rotatable bonds is 8. The zero-order valence-electron chi connectivity index (χ0n) is 16.7. The van der Waals surface area contributed by atoms with Crippen LogP contribution in [0.3, 0.4) is 0 Å². The number of amides is 1. The molecule has 1 saturated carbocycles. The molecule has 1 atom stereocenters. The summed E-state index contributed by atoms with van der Waals surface area (Å²) in [5, 5.41) is 0.737. The highest BCUT2D eigenvalue weighted by molar-refractivity contribution is 6.30. The van der Waals surface area contributed by atoms with Gasteiger partial charge in [0.25, 0.3) is 0 Å². The first-order valence-corrected chi connectivity index (χ1v) is 11.2. The number of carbonyl (C=O) groups is 1. The molecule has 1 aliphatic carbocycles. The highest BCUT2D eigenvalue weighted by Gasteiger charge is 2.31. The Morgan fingerprint density at radius 1 is 1.15 bits per heavy atom. The lowest BCUT2D eigenvalue weighted by molar-refractivity contribution is -0.139. The first-order chi connectivity index (χ1) is 13.2. The molecule has 1 heterocycles. The lowest BCUT2D eigenvalue weighted by atomic mass is 9.79. The molecule has 1 unspecified atom stereocenters. The second kappa shape index (κ2) is 10.5. The van der Waals surface area contributed by atoms with Crippen molar-refractivity contribution in [1.29, 1.82) is 0 Å². The van der Waals surface area contributed by atoms with Gasteiger partial charge in [0.05, 0.1) is 6.10 Å². The van der Waals surface area contributed by atoms with Gasteiger partial charge in [-0.15, -0.1) is 0 Å². The smallest absolute Gasteiger partial charge is 0.226 e. The van der Waals surface area contributed by atoms with E-state index in [-0.39, 0.29) is 12.0 Å². The summed E-state index contributed by atoms with van der Waals surface area (Å²) in [7, 11) is 0. The molecule has 2 fully saturated rings. The normalized spacial score (nSPS) is 25.5. The molecule has 1 amide bonds. The number of unbranched alkanes of at least 4 members (excludes halogenated alkanes) is 1. The van der Waals surface area contributed by atoms with Crippen LogP contribution in [-0.4, -0.2) is 30.1 Å². The van der Waals surface area contributed by atoms with E-state index in [9.17, 15) is 4.79 Å². The fourth-order valence-corrected chi connectivity index (χ4v) is 4.65. The third-order valence-electron chi connectivity index (χ3n) is 6.21. The van der Waals surface area contributed by atoms with Gasteiger partial charge in [-0.1, -0.05) is 49.9 Å². The number of halogens is 1. The third-order valence-corrected chi connectivity index (χ3v) is 6.46. The molecule has 150 valence electrons. The van der Waals surface area contributed by atoms with Gasteiger partial charge in [-0.2, -0.15) is 0 Å². The van der Waals surface area contributed by atoms with Crippen LogP contribution < -0.4 is 0 Å². The molecule has 1 aliphatic heterocycles. The van der Waals surface area contributed by atoms with Gasteiger partial charge >= 0.3 is 0 Å². The Morgan fingerprint density at radius 2 is 1.89 bits per heavy atom. The molecule has 1 saturated heterocycles. The molecule has 3 nitrogen and oxygen atoms in total. The minimum atomic E-state index is 0.191. The van der Waals surface area contributed by atoms with Crippen LogP contribution >= 0.6 is 11.6 Å². The van der Waals surface area contributed by atoms with E-state index in [1.807, 2.05) is 24.3 Å². The van der Waals surface area contributed by atoms with Gasteiger partial charge < -0.3 is 9.64 Å². The Balaban J connectivity index is 1.60. The van der Waals surface area contributed by atoms with Crippen LogP contribution in [-0.2, 0) is 16.1 Å². The Kier molecular flexibility index (Phi) is 8.02. The van der Waals surface area contributed by atoms with Crippen LogP contribution in [0.2, 0.25) is 5.02 Å². The topological polar surface area (TPSA) is 29.5 Å². The number of nitrogens with zero attached hydrogens (tertiary/aromatic N) is 1. The zero-order valence-corrected chi connectivity index (χ0v) is 17.4. The van der Waals surface area contributed by atoms with Gasteiger partial charge in [-0.05, 0) is 62.1 Å². The predicted molar refractivity (Wildman–Crippen MR) is 111 cm³/mol. The van der Waals surface area contributed by atoms with Crippen molar-refractivity contribution >= 4 is 17.5 Å². The molecular weight excluding hydrogens is 358 g/mol. The van der Waals surface area contributed by atoms with Gasteiger partial charge in [0.1, 0.15) is 0 Å². The molecule has 0 N–H and O–H groups in total. The third kappa shape index (κ3) is 6.22. The standard InChI is InChI=1S/C23H34ClNO2/c1-2-3-5-18-7-11-20(12-8-18)23(26)25(17-22-6-4-15-27-22)16-19-9-13-21(24)14-10-19/h9-10,13-14,18,20,22H,2-8,11-12,15-17H2,1H3. The minimum Gasteiger partial charge on any atom is -0.376 e. The molecule has 0 radical (unpaired) electrons. The van der Waals surface area contributed by atoms with Crippen LogP contribution in [0.1, 0.15) is 70.3 Å². The fourth-order valence-electron chi connectivity index (χ4n) is 4.53. The van der Waals surface area contributed by atoms with E-state index in [1.54, 1.807) is 0 Å². The number of hydrogen-bond donors (Lipinski definition) is 0. The van der Waals surface area contributed by atoms with Crippen LogP contribution in [0.4, 0.5) is 0 Å². The summed E-state index contributed by atoms with van der Waals surface area (Å²) in [4.78, 5) is 15.4.